The minimum Gasteiger partial charge on any atom is -0.444 e. The summed E-state index contributed by atoms with van der Waals surface area (Å²) in [5.74, 6) is 0.200. The Labute approximate surface area is 144 Å². The monoisotopic (exact) mass is 335 g/mol. The van der Waals surface area contributed by atoms with Crippen molar-refractivity contribution >= 4 is 12.0 Å². The minimum absolute atomic E-state index is 0.0565. The number of ether oxygens (including phenoxy) is 1. The van der Waals surface area contributed by atoms with E-state index in [4.69, 9.17) is 10.00 Å². The molecule has 0 aromatic heterocycles. The zero-order valence-electron chi connectivity index (χ0n) is 15.1. The van der Waals surface area contributed by atoms with Crippen molar-refractivity contribution < 1.29 is 14.3 Å². The van der Waals surface area contributed by atoms with E-state index in [9.17, 15) is 9.59 Å². The number of nitrogens with zero attached hydrogens (tertiary/aromatic N) is 3. The summed E-state index contributed by atoms with van der Waals surface area (Å²) >= 11 is 0. The summed E-state index contributed by atoms with van der Waals surface area (Å²) in [6, 6.07) is 2.11. The SMILES string of the molecule is CC(C)(C)OC(=O)N1CCCC(C2CCCCN2C(=O)CC#N)C1. The topological polar surface area (TPSA) is 73.6 Å². The van der Waals surface area contributed by atoms with E-state index < -0.39 is 5.60 Å². The molecule has 0 radical (unpaired) electrons. The Kier molecular flexibility index (Phi) is 6.09. The van der Waals surface area contributed by atoms with Crippen LogP contribution >= 0.6 is 0 Å². The lowest BCUT2D eigenvalue weighted by Gasteiger charge is -2.44. The van der Waals surface area contributed by atoms with Gasteiger partial charge in [0.2, 0.25) is 5.91 Å². The van der Waals surface area contributed by atoms with Gasteiger partial charge in [-0.3, -0.25) is 4.79 Å². The first-order chi connectivity index (χ1) is 11.3. The maximum Gasteiger partial charge on any atom is 0.410 e. The normalized spacial score (nSPS) is 25.1. The maximum absolute atomic E-state index is 12.3. The van der Waals surface area contributed by atoms with Crippen molar-refractivity contribution in [2.45, 2.75) is 70.9 Å². The molecule has 6 nitrogen and oxygen atoms in total. The van der Waals surface area contributed by atoms with Crippen molar-refractivity contribution in [1.82, 2.24) is 9.80 Å². The van der Waals surface area contributed by atoms with Crippen LogP contribution in [-0.4, -0.2) is 53.1 Å². The molecule has 2 atom stereocenters. The van der Waals surface area contributed by atoms with Crippen molar-refractivity contribution in [3.05, 3.63) is 0 Å². The van der Waals surface area contributed by atoms with Gasteiger partial charge in [0.15, 0.2) is 0 Å². The van der Waals surface area contributed by atoms with Gasteiger partial charge in [0.05, 0.1) is 6.07 Å². The summed E-state index contributed by atoms with van der Waals surface area (Å²) in [5, 5.41) is 8.82. The molecule has 2 aliphatic heterocycles. The van der Waals surface area contributed by atoms with Crippen molar-refractivity contribution in [2.75, 3.05) is 19.6 Å². The van der Waals surface area contributed by atoms with Crippen molar-refractivity contribution in [3.63, 3.8) is 0 Å². The number of piperidine rings is 2. The molecule has 24 heavy (non-hydrogen) atoms. The van der Waals surface area contributed by atoms with Gasteiger partial charge in [-0.15, -0.1) is 0 Å². The lowest BCUT2D eigenvalue weighted by Crippen LogP contribution is -2.53. The zero-order valence-corrected chi connectivity index (χ0v) is 15.1. The molecule has 2 rings (SSSR count). The molecule has 2 amide bonds. The molecule has 134 valence electrons. The number of nitriles is 1. The van der Waals surface area contributed by atoms with E-state index in [-0.39, 0.29) is 30.4 Å². The largest absolute Gasteiger partial charge is 0.444 e. The van der Waals surface area contributed by atoms with E-state index in [2.05, 4.69) is 0 Å². The molecule has 2 saturated heterocycles. The second-order valence-corrected chi connectivity index (χ2v) is 7.81. The summed E-state index contributed by atoms with van der Waals surface area (Å²) in [6.45, 7) is 7.69. The molecule has 2 heterocycles. The fraction of sp³-hybridized carbons (Fsp3) is 0.833. The fourth-order valence-corrected chi connectivity index (χ4v) is 3.74. The molecule has 2 fully saturated rings. The van der Waals surface area contributed by atoms with Crippen LogP contribution in [0, 0.1) is 17.2 Å². The second kappa shape index (κ2) is 7.87. The number of carbonyl (C=O) groups is 2. The third kappa shape index (κ3) is 4.86. The second-order valence-electron chi connectivity index (χ2n) is 7.81. The van der Waals surface area contributed by atoms with Gasteiger partial charge in [-0.2, -0.15) is 5.26 Å². The van der Waals surface area contributed by atoms with Crippen molar-refractivity contribution in [3.8, 4) is 6.07 Å². The highest BCUT2D eigenvalue weighted by Crippen LogP contribution is 2.30. The van der Waals surface area contributed by atoms with Crippen LogP contribution in [-0.2, 0) is 9.53 Å². The first kappa shape index (κ1) is 18.6. The quantitative estimate of drug-likeness (QED) is 0.777. The summed E-state index contributed by atoms with van der Waals surface area (Å²) in [4.78, 5) is 28.3. The molecule has 6 heteroatoms. The summed E-state index contributed by atoms with van der Waals surface area (Å²) < 4.78 is 5.49. The van der Waals surface area contributed by atoms with Crippen LogP contribution < -0.4 is 0 Å². The van der Waals surface area contributed by atoms with Crippen LogP contribution in [0.15, 0.2) is 0 Å². The van der Waals surface area contributed by atoms with Gasteiger partial charge in [-0.1, -0.05) is 0 Å². The standard InChI is InChI=1S/C18H29N3O3/c1-18(2,3)24-17(23)20-11-6-7-14(13-20)15-8-4-5-12-21(15)16(22)9-10-19/h14-15H,4-9,11-13H2,1-3H3. The number of rotatable bonds is 2. The van der Waals surface area contributed by atoms with Crippen LogP contribution in [0.2, 0.25) is 0 Å². The van der Waals surface area contributed by atoms with Crippen LogP contribution in [0.3, 0.4) is 0 Å². The van der Waals surface area contributed by atoms with Crippen molar-refractivity contribution in [2.24, 2.45) is 5.92 Å². The molecular formula is C18H29N3O3. The first-order valence-electron chi connectivity index (χ1n) is 8.96. The molecule has 0 aliphatic carbocycles. The predicted molar refractivity (Wildman–Crippen MR) is 90.1 cm³/mol. The Morgan fingerprint density at radius 2 is 1.92 bits per heavy atom. The van der Waals surface area contributed by atoms with Gasteiger partial charge >= 0.3 is 6.09 Å². The average molecular weight is 335 g/mol. The molecule has 0 saturated carbocycles. The number of amides is 2. The Balaban J connectivity index is 2.03. The smallest absolute Gasteiger partial charge is 0.410 e. The molecule has 2 aliphatic rings. The third-order valence-electron chi connectivity index (χ3n) is 4.75. The number of hydrogen-bond donors (Lipinski definition) is 0. The number of hydrogen-bond acceptors (Lipinski definition) is 4. The highest BCUT2D eigenvalue weighted by Gasteiger charge is 2.37. The molecule has 2 unspecified atom stereocenters. The van der Waals surface area contributed by atoms with Gasteiger partial charge in [0.1, 0.15) is 12.0 Å². The maximum atomic E-state index is 12.3. The van der Waals surface area contributed by atoms with E-state index in [0.717, 1.165) is 38.6 Å². The molecule has 0 spiro atoms. The van der Waals surface area contributed by atoms with E-state index in [0.29, 0.717) is 13.1 Å². The lowest BCUT2D eigenvalue weighted by atomic mass is 9.84. The van der Waals surface area contributed by atoms with Gasteiger partial charge < -0.3 is 14.5 Å². The summed E-state index contributed by atoms with van der Waals surface area (Å²) in [6.07, 6.45) is 4.68. The lowest BCUT2D eigenvalue weighted by molar-refractivity contribution is -0.135. The van der Waals surface area contributed by atoms with Crippen LogP contribution in [0.1, 0.15) is 59.3 Å². The molecular weight excluding hydrogens is 306 g/mol. The van der Waals surface area contributed by atoms with Gasteiger partial charge in [0, 0.05) is 25.7 Å². The van der Waals surface area contributed by atoms with Gasteiger partial charge in [-0.05, 0) is 58.8 Å². The number of likely N-dealkylation sites (tertiary alicyclic amines) is 2. The molecule has 0 bridgehead atoms. The Morgan fingerprint density at radius 3 is 2.58 bits per heavy atom. The highest BCUT2D eigenvalue weighted by molar-refractivity contribution is 5.78. The molecule has 0 N–H and O–H groups in total. The van der Waals surface area contributed by atoms with E-state index in [1.165, 1.54) is 0 Å². The van der Waals surface area contributed by atoms with Crippen molar-refractivity contribution in [1.29, 1.82) is 5.26 Å². The Hall–Kier alpha value is -1.77. The van der Waals surface area contributed by atoms with E-state index >= 15 is 0 Å². The minimum atomic E-state index is -0.496. The van der Waals surface area contributed by atoms with E-state index in [1.807, 2.05) is 31.7 Å². The molecule has 0 aromatic carbocycles. The zero-order chi connectivity index (χ0) is 17.7. The Morgan fingerprint density at radius 1 is 1.17 bits per heavy atom. The fourth-order valence-electron chi connectivity index (χ4n) is 3.74. The average Bonchev–Trinajstić information content (AvgIpc) is 2.53. The third-order valence-corrected chi connectivity index (χ3v) is 4.75. The van der Waals surface area contributed by atoms with Crippen LogP contribution in [0.5, 0.6) is 0 Å². The number of carbonyl (C=O) groups excluding carboxylic acids is 2. The van der Waals surface area contributed by atoms with Gasteiger partial charge in [-0.25, -0.2) is 4.79 Å². The highest BCUT2D eigenvalue weighted by atomic mass is 16.6. The van der Waals surface area contributed by atoms with Crippen LogP contribution in [0.4, 0.5) is 4.79 Å². The van der Waals surface area contributed by atoms with Crippen LogP contribution in [0.25, 0.3) is 0 Å². The summed E-state index contributed by atoms with van der Waals surface area (Å²) in [5.41, 5.74) is -0.496. The predicted octanol–water partition coefficient (Wildman–Crippen LogP) is 2.93. The summed E-state index contributed by atoms with van der Waals surface area (Å²) in [7, 11) is 0. The molecule has 0 aromatic rings. The van der Waals surface area contributed by atoms with E-state index in [1.54, 1.807) is 4.90 Å². The Bertz CT molecular complexity index is 507. The van der Waals surface area contributed by atoms with Gasteiger partial charge in [0.25, 0.3) is 0 Å². The first-order valence-corrected chi connectivity index (χ1v) is 8.96.